The molecule has 3 aliphatic rings. The molecule has 3 fully saturated rings. The summed E-state index contributed by atoms with van der Waals surface area (Å²) in [6, 6.07) is 2.82. The van der Waals surface area contributed by atoms with Gasteiger partial charge in [-0.15, -0.1) is 0 Å². The number of amides is 13. The number of hydrogen-bond donors (Lipinski definition) is 24. The van der Waals surface area contributed by atoms with Gasteiger partial charge in [-0.05, 0) is 81.8 Å². The number of hydrogen-bond acceptors (Lipinski definition) is 24. The fraction of sp³-hybridized carbons (Fsp3) is 0.573. The SMILES string of the molecule is N=C(N)NCCC[C@@H]1NC(=O)[C@H](CCCCNC(=O)CCC(NC(=O)CN2CCN(CC(=O)O)CCN(CC(=O)O)CCN(CC(=O)O)CC2)C(=O)NCCCC[C@@H]2NC(=O)[C@@H](Cc3ccccc3)NC(=O)[C@H](CC(=O)O)NC(=O)CNC(=O)[C@H](CCCNC(=N)N)NC2=O)NC(=O)[C@@H](Cc2ccccc2)NC(=O)[C@H](CC(=O)O)NC(=O)CNC1=O.[177Lu]. The molecule has 0 saturated carbocycles. The van der Waals surface area contributed by atoms with Crippen molar-refractivity contribution in [2.24, 2.45) is 11.5 Å². The summed E-state index contributed by atoms with van der Waals surface area (Å²) in [5.41, 5.74) is 11.9. The zero-order valence-corrected chi connectivity index (χ0v) is 69.0. The van der Waals surface area contributed by atoms with E-state index >= 15 is 0 Å². The largest absolute Gasteiger partial charge is 0.481 e. The molecule has 3 aliphatic heterocycles. The van der Waals surface area contributed by atoms with E-state index in [1.807, 2.05) is 0 Å². The fourth-order valence-corrected chi connectivity index (χ4v) is 13.1. The summed E-state index contributed by atoms with van der Waals surface area (Å²) in [4.78, 5) is 248. The Morgan fingerprint density at radius 1 is 0.377 bits per heavy atom. The summed E-state index contributed by atoms with van der Waals surface area (Å²) >= 11 is 0. The van der Waals surface area contributed by atoms with Gasteiger partial charge in [-0.3, -0.25) is 117 Å². The molecule has 0 aromatic heterocycles. The van der Waals surface area contributed by atoms with Gasteiger partial charge < -0.3 is 117 Å². The first-order chi connectivity index (χ1) is 57.6. The van der Waals surface area contributed by atoms with E-state index in [2.05, 4.69) is 79.8 Å². The molecule has 9 atom stereocenters. The number of guanidine groups is 2. The molecule has 0 bridgehead atoms. The number of carboxylic acid groups (broad SMARTS) is 5. The van der Waals surface area contributed by atoms with Crippen LogP contribution in [-0.2, 0) is 99.1 Å². The predicted octanol–water partition coefficient (Wildman–Crippen LogP) is -8.60. The fourth-order valence-electron chi connectivity index (χ4n) is 13.1. The maximum atomic E-state index is 14.5. The van der Waals surface area contributed by atoms with Crippen molar-refractivity contribution in [3.8, 4) is 0 Å². The first-order valence-corrected chi connectivity index (χ1v) is 39.6. The average Bonchev–Trinajstić information content (AvgIpc) is 1.50. The van der Waals surface area contributed by atoms with Crippen LogP contribution in [0.2, 0.25) is 0 Å². The quantitative estimate of drug-likeness (QED) is 0.0168. The van der Waals surface area contributed by atoms with Crippen molar-refractivity contribution >= 4 is 119 Å². The zero-order chi connectivity index (χ0) is 88.9. The number of benzene rings is 2. The third-order valence-corrected chi connectivity index (χ3v) is 19.4. The Labute approximate surface area is 731 Å². The molecule has 2 aromatic rings. The number of nitrogens with two attached hydrogens (primary N) is 2. The maximum absolute atomic E-state index is 14.5. The molecule has 1 unspecified atom stereocenters. The van der Waals surface area contributed by atoms with Crippen LogP contribution in [-0.4, -0.2) is 336 Å². The molecule has 47 heteroatoms. The van der Waals surface area contributed by atoms with Crippen molar-refractivity contribution in [1.82, 2.24) is 99.4 Å². The smallest absolute Gasteiger partial charge is 0.317 e. The number of carboxylic acids is 5. The zero-order valence-electron chi connectivity index (χ0n) is 67.3. The number of nitrogens with zero attached hydrogens (tertiary/aromatic N) is 4. The molecule has 681 valence electrons. The van der Waals surface area contributed by atoms with E-state index in [0.717, 1.165) is 0 Å². The minimum absolute atomic E-state index is 0. The number of carbonyl (C=O) groups excluding carboxylic acids is 13. The van der Waals surface area contributed by atoms with Gasteiger partial charge >= 0.3 is 29.8 Å². The number of carbonyl (C=O) groups is 18. The van der Waals surface area contributed by atoms with Gasteiger partial charge in [-0.25, -0.2) is 0 Å². The topological polar surface area (TPSA) is 702 Å². The summed E-state index contributed by atoms with van der Waals surface area (Å²) in [7, 11) is 0. The molecule has 5 rings (SSSR count). The van der Waals surface area contributed by atoms with E-state index < -0.39 is 226 Å². The summed E-state index contributed by atoms with van der Waals surface area (Å²) in [5.74, 6) is -19.2. The number of unbranched alkanes of at least 4 members (excludes halogenated alkanes) is 2. The molecule has 13 amide bonds. The molecular formula is C75H113LuN23O23. The van der Waals surface area contributed by atoms with Crippen LogP contribution in [0, 0.1) is 47.7 Å². The first-order valence-electron chi connectivity index (χ1n) is 39.6. The predicted molar refractivity (Wildman–Crippen MR) is 428 cm³/mol. The van der Waals surface area contributed by atoms with Gasteiger partial charge in [0.25, 0.3) is 0 Å². The van der Waals surface area contributed by atoms with Gasteiger partial charge in [0.1, 0.15) is 54.4 Å². The molecule has 3 saturated heterocycles. The van der Waals surface area contributed by atoms with Crippen molar-refractivity contribution in [3.63, 3.8) is 0 Å². The van der Waals surface area contributed by atoms with Gasteiger partial charge in [0.2, 0.25) is 76.8 Å². The Kier molecular flexibility index (Phi) is 46.7. The van der Waals surface area contributed by atoms with Crippen molar-refractivity contribution in [2.75, 3.05) is 118 Å². The van der Waals surface area contributed by atoms with E-state index in [0.29, 0.717) is 11.1 Å². The molecule has 26 N–H and O–H groups in total. The van der Waals surface area contributed by atoms with Crippen LogP contribution >= 0.6 is 0 Å². The Bertz CT molecular complexity index is 3900. The standard InChI is InChI=1S/C75H113N23O23.Lu/c76-74(77)82-25-11-19-47-66(114)84-39-57(100)87-54(37-60(103)104)72(120)93-52(35-45-13-3-1-4-14-45)70(118)91-49(68(116)89-47)17-7-9-23-80-56(99)22-21-51(86-59(102)41-95-27-29-96(42-62(107)108)31-33-98(44-64(111)112)34-32-97(30-28-95)43-63(109)110)65(113)81-24-10-8-18-50-69(117)90-48(20-12-26-83-75(78)79)67(115)85-40-58(101)88-55(38-61(105)106)73(121)94-53(71(119)92-50)36-46-15-5-2-6-16-46;/h1-6,13-16,47-55H,7-12,17-44H2,(H,80,99)(H,81,113)(H,84,114)(H,85,115)(H,86,102)(H,87,100)(H,88,101)(H,89,116)(H,90,117)(H,91,118)(H,92,119)(H,93,120)(H,94,121)(H,103,104)(H,105,106)(H,107,108)(H,109,110)(H,111,112)(H4,76,77,82)(H4,78,79,83);/t47-,48-,49-,50-,51?,52+,53+,54-,55-;/m0./s1/i;1+2. The van der Waals surface area contributed by atoms with Crippen LogP contribution in [0.4, 0.5) is 0 Å². The normalized spacial score (nSPS) is 21.1. The summed E-state index contributed by atoms with van der Waals surface area (Å²) < 4.78 is 0. The van der Waals surface area contributed by atoms with Gasteiger partial charge in [0.15, 0.2) is 11.9 Å². The van der Waals surface area contributed by atoms with E-state index in [4.69, 9.17) is 22.3 Å². The minimum Gasteiger partial charge on any atom is -0.481 e. The van der Waals surface area contributed by atoms with Gasteiger partial charge in [-0.2, -0.15) is 0 Å². The second-order valence-corrected chi connectivity index (χ2v) is 29.2. The monoisotopic (exact) mass is 1880 g/mol. The maximum Gasteiger partial charge on any atom is 0.317 e. The van der Waals surface area contributed by atoms with E-state index in [9.17, 15) is 112 Å². The van der Waals surface area contributed by atoms with Crippen molar-refractivity contribution in [1.29, 1.82) is 10.8 Å². The molecule has 3 heterocycles. The van der Waals surface area contributed by atoms with Crippen LogP contribution in [0.25, 0.3) is 0 Å². The molecule has 0 aliphatic carbocycles. The van der Waals surface area contributed by atoms with Crippen molar-refractivity contribution in [2.45, 2.75) is 157 Å². The second kappa shape index (κ2) is 55.4. The second-order valence-electron chi connectivity index (χ2n) is 29.2. The summed E-state index contributed by atoms with van der Waals surface area (Å²) in [6.45, 7) is -3.24. The number of nitrogens with one attached hydrogen (secondary N) is 17. The van der Waals surface area contributed by atoms with E-state index in [1.165, 1.54) is 9.80 Å². The Morgan fingerprint density at radius 2 is 0.689 bits per heavy atom. The first kappa shape index (κ1) is 103. The Hall–Kier alpha value is -11.5. The minimum atomic E-state index is -1.76. The third-order valence-electron chi connectivity index (χ3n) is 19.4. The summed E-state index contributed by atoms with van der Waals surface area (Å²) in [5, 5.41) is 102. The third kappa shape index (κ3) is 41.7. The van der Waals surface area contributed by atoms with Gasteiger partial charge in [0.05, 0.1) is 52.1 Å². The molecule has 2 aromatic carbocycles. The Morgan fingerprint density at radius 3 is 1.04 bits per heavy atom. The van der Waals surface area contributed by atoms with Crippen LogP contribution in [0.1, 0.15) is 101 Å². The van der Waals surface area contributed by atoms with Crippen LogP contribution in [0.5, 0.6) is 0 Å². The number of aliphatic carboxylic acids is 5. The number of rotatable bonds is 39. The van der Waals surface area contributed by atoms with E-state index in [1.54, 1.807) is 70.5 Å². The van der Waals surface area contributed by atoms with Crippen molar-refractivity contribution < 1.29 is 149 Å². The molecular weight excluding hydrogens is 1770 g/mol. The van der Waals surface area contributed by atoms with E-state index in [-0.39, 0.29) is 205 Å². The molecule has 122 heavy (non-hydrogen) atoms. The average molecular weight is 1880 g/mol. The van der Waals surface area contributed by atoms with Crippen LogP contribution in [0.3, 0.4) is 0 Å². The molecule has 0 spiro atoms. The Balaban J connectivity index is 0.0000312. The van der Waals surface area contributed by atoms with Crippen molar-refractivity contribution in [3.05, 3.63) is 71.8 Å². The molecule has 46 nitrogen and oxygen atoms in total. The van der Waals surface area contributed by atoms with Crippen LogP contribution < -0.4 is 91.2 Å². The summed E-state index contributed by atoms with van der Waals surface area (Å²) in [6.07, 6.45) is -3.25. The molecule has 1 radical (unpaired) electrons. The van der Waals surface area contributed by atoms with Crippen LogP contribution in [0.15, 0.2) is 60.7 Å². The van der Waals surface area contributed by atoms with Gasteiger partial charge in [0, 0.05) is 135 Å². The van der Waals surface area contributed by atoms with Gasteiger partial charge in [-0.1, -0.05) is 60.7 Å².